The Bertz CT molecular complexity index is 851. The van der Waals surface area contributed by atoms with Crippen LogP contribution in [0.4, 0.5) is 0 Å². The van der Waals surface area contributed by atoms with Gasteiger partial charge >= 0.3 is 5.97 Å². The van der Waals surface area contributed by atoms with Gasteiger partial charge in [-0.3, -0.25) is 0 Å². The minimum Gasteiger partial charge on any atom is -0.489 e. The molecule has 24 heavy (non-hydrogen) atoms. The van der Waals surface area contributed by atoms with Gasteiger partial charge < -0.3 is 9.84 Å². The van der Waals surface area contributed by atoms with Gasteiger partial charge in [-0.2, -0.15) is 0 Å². The smallest absolute Gasteiger partial charge is 0.347 e. The molecule has 0 saturated carbocycles. The molecule has 0 aliphatic carbocycles. The predicted octanol–water partition coefficient (Wildman–Crippen LogP) is 4.70. The normalized spacial score (nSPS) is 10.6. The van der Waals surface area contributed by atoms with E-state index in [-0.39, 0.29) is 4.88 Å². The number of aromatic nitrogens is 1. The third kappa shape index (κ3) is 3.63. The van der Waals surface area contributed by atoms with Crippen molar-refractivity contribution in [3.63, 3.8) is 0 Å². The average Bonchev–Trinajstić information content (AvgIpc) is 2.97. The van der Waals surface area contributed by atoms with Crippen LogP contribution in [0.2, 0.25) is 0 Å². The summed E-state index contributed by atoms with van der Waals surface area (Å²) in [5, 5.41) is 9.84. The molecule has 0 unspecified atom stereocenters. The molecule has 1 heterocycles. The summed E-state index contributed by atoms with van der Waals surface area (Å²) in [7, 11) is 0. The first-order valence-electron chi connectivity index (χ1n) is 7.52. The summed E-state index contributed by atoms with van der Waals surface area (Å²) < 4.78 is 5.76. The summed E-state index contributed by atoms with van der Waals surface area (Å²) in [6.45, 7) is 4.24. The van der Waals surface area contributed by atoms with Crippen LogP contribution in [0, 0.1) is 13.8 Å². The first kappa shape index (κ1) is 16.2. The van der Waals surface area contributed by atoms with Gasteiger partial charge in [-0.05, 0) is 31.5 Å². The molecule has 0 spiro atoms. The van der Waals surface area contributed by atoms with E-state index in [2.05, 4.69) is 4.98 Å². The number of hydrogen-bond acceptors (Lipinski definition) is 4. The van der Waals surface area contributed by atoms with Crippen molar-refractivity contribution >= 4 is 17.3 Å². The van der Waals surface area contributed by atoms with Gasteiger partial charge in [0, 0.05) is 5.56 Å². The van der Waals surface area contributed by atoms with Crippen LogP contribution in [0.25, 0.3) is 10.6 Å². The molecule has 3 aromatic rings. The minimum atomic E-state index is -0.931. The lowest BCUT2D eigenvalue weighted by Gasteiger charge is -2.07. The topological polar surface area (TPSA) is 59.4 Å². The molecule has 0 fully saturated rings. The lowest BCUT2D eigenvalue weighted by Crippen LogP contribution is -1.95. The SMILES string of the molecule is Cc1ccc(OCc2ccc(-c3nc(C)c(C(=O)O)s3)cc2)cc1. The predicted molar refractivity (Wildman–Crippen MR) is 94.8 cm³/mol. The fourth-order valence-electron chi connectivity index (χ4n) is 2.26. The molecule has 0 bridgehead atoms. The van der Waals surface area contributed by atoms with Gasteiger partial charge in [-0.25, -0.2) is 9.78 Å². The number of hydrogen-bond donors (Lipinski definition) is 1. The highest BCUT2D eigenvalue weighted by atomic mass is 32.1. The lowest BCUT2D eigenvalue weighted by atomic mass is 10.1. The Morgan fingerprint density at radius 1 is 1.08 bits per heavy atom. The number of aromatic carboxylic acids is 1. The second kappa shape index (κ2) is 6.84. The average molecular weight is 339 g/mol. The molecular weight excluding hydrogens is 322 g/mol. The maximum atomic E-state index is 11.1. The van der Waals surface area contributed by atoms with E-state index < -0.39 is 5.97 Å². The van der Waals surface area contributed by atoms with Crippen LogP contribution < -0.4 is 4.74 Å². The molecule has 5 heteroatoms. The first-order valence-corrected chi connectivity index (χ1v) is 8.34. The number of carbonyl (C=O) groups is 1. The molecule has 0 amide bonds. The Morgan fingerprint density at radius 2 is 1.75 bits per heavy atom. The molecule has 0 atom stereocenters. The van der Waals surface area contributed by atoms with Crippen molar-refractivity contribution in [3.05, 3.63) is 70.2 Å². The van der Waals surface area contributed by atoms with E-state index in [0.717, 1.165) is 21.9 Å². The van der Waals surface area contributed by atoms with E-state index in [9.17, 15) is 4.79 Å². The molecule has 0 aliphatic heterocycles. The van der Waals surface area contributed by atoms with Gasteiger partial charge in [-0.15, -0.1) is 11.3 Å². The molecule has 0 saturated heterocycles. The van der Waals surface area contributed by atoms with Crippen LogP contribution in [0.3, 0.4) is 0 Å². The first-order chi connectivity index (χ1) is 11.5. The fourth-order valence-corrected chi connectivity index (χ4v) is 3.17. The van der Waals surface area contributed by atoms with Gasteiger partial charge in [-0.1, -0.05) is 42.0 Å². The van der Waals surface area contributed by atoms with E-state index in [0.29, 0.717) is 12.3 Å². The van der Waals surface area contributed by atoms with Crippen LogP contribution in [0.1, 0.15) is 26.5 Å². The number of carboxylic acid groups (broad SMARTS) is 1. The van der Waals surface area contributed by atoms with Crippen molar-refractivity contribution < 1.29 is 14.6 Å². The molecular formula is C19H17NO3S. The Hall–Kier alpha value is -2.66. The zero-order valence-electron chi connectivity index (χ0n) is 13.4. The monoisotopic (exact) mass is 339 g/mol. The van der Waals surface area contributed by atoms with Gasteiger partial charge in [0.1, 0.15) is 22.2 Å². The Balaban J connectivity index is 1.70. The molecule has 0 aliphatic rings. The van der Waals surface area contributed by atoms with Crippen molar-refractivity contribution in [3.8, 4) is 16.3 Å². The quantitative estimate of drug-likeness (QED) is 0.732. The van der Waals surface area contributed by atoms with E-state index >= 15 is 0 Å². The Labute approximate surface area is 144 Å². The standard InChI is InChI=1S/C19H17NO3S/c1-12-3-9-16(10-4-12)23-11-14-5-7-15(8-6-14)18-20-13(2)17(24-18)19(21)22/h3-10H,11H2,1-2H3,(H,21,22). The summed E-state index contributed by atoms with van der Waals surface area (Å²) in [5.41, 5.74) is 3.71. The van der Waals surface area contributed by atoms with E-state index in [4.69, 9.17) is 9.84 Å². The molecule has 1 aromatic heterocycles. The second-order valence-electron chi connectivity index (χ2n) is 5.54. The summed E-state index contributed by atoms with van der Waals surface area (Å²) >= 11 is 1.20. The molecule has 4 nitrogen and oxygen atoms in total. The summed E-state index contributed by atoms with van der Waals surface area (Å²) in [6, 6.07) is 15.8. The third-order valence-electron chi connectivity index (χ3n) is 3.62. The molecule has 2 aromatic carbocycles. The number of ether oxygens (including phenoxy) is 1. The van der Waals surface area contributed by atoms with Crippen LogP contribution in [0.5, 0.6) is 5.75 Å². The van der Waals surface area contributed by atoms with Gasteiger partial charge in [0.15, 0.2) is 0 Å². The zero-order chi connectivity index (χ0) is 17.1. The number of rotatable bonds is 5. The molecule has 3 rings (SSSR count). The number of nitrogens with zero attached hydrogens (tertiary/aromatic N) is 1. The molecule has 1 N–H and O–H groups in total. The maximum Gasteiger partial charge on any atom is 0.347 e. The lowest BCUT2D eigenvalue weighted by molar-refractivity contribution is 0.0701. The van der Waals surface area contributed by atoms with Crippen LogP contribution in [-0.4, -0.2) is 16.1 Å². The third-order valence-corrected chi connectivity index (χ3v) is 4.81. The summed E-state index contributed by atoms with van der Waals surface area (Å²) in [6.07, 6.45) is 0. The van der Waals surface area contributed by atoms with Crippen molar-refractivity contribution in [1.82, 2.24) is 4.98 Å². The van der Waals surface area contributed by atoms with Crippen LogP contribution in [0.15, 0.2) is 48.5 Å². The molecule has 0 radical (unpaired) electrons. The van der Waals surface area contributed by atoms with Crippen molar-refractivity contribution in [2.75, 3.05) is 0 Å². The van der Waals surface area contributed by atoms with Crippen molar-refractivity contribution in [2.24, 2.45) is 0 Å². The number of carboxylic acids is 1. The number of benzene rings is 2. The van der Waals surface area contributed by atoms with Crippen molar-refractivity contribution in [2.45, 2.75) is 20.5 Å². The van der Waals surface area contributed by atoms with E-state index in [1.807, 2.05) is 55.5 Å². The Kier molecular flexibility index (Phi) is 4.62. The highest BCUT2D eigenvalue weighted by Crippen LogP contribution is 2.28. The summed E-state index contributed by atoms with van der Waals surface area (Å²) in [5.74, 6) is -0.0920. The van der Waals surface area contributed by atoms with Gasteiger partial charge in [0.05, 0.1) is 5.69 Å². The highest BCUT2D eigenvalue weighted by Gasteiger charge is 2.14. The Morgan fingerprint density at radius 3 is 2.33 bits per heavy atom. The fraction of sp³-hybridized carbons (Fsp3) is 0.158. The van der Waals surface area contributed by atoms with Gasteiger partial charge in [0.25, 0.3) is 0 Å². The highest BCUT2D eigenvalue weighted by molar-refractivity contribution is 7.17. The van der Waals surface area contributed by atoms with Crippen molar-refractivity contribution in [1.29, 1.82) is 0 Å². The molecule has 122 valence electrons. The number of aryl methyl sites for hydroxylation is 2. The largest absolute Gasteiger partial charge is 0.489 e. The zero-order valence-corrected chi connectivity index (χ0v) is 14.3. The van der Waals surface area contributed by atoms with Gasteiger partial charge in [0.2, 0.25) is 0 Å². The summed E-state index contributed by atoms with van der Waals surface area (Å²) in [4.78, 5) is 15.7. The number of thiazole rings is 1. The minimum absolute atomic E-state index is 0.289. The maximum absolute atomic E-state index is 11.1. The van der Waals surface area contributed by atoms with E-state index in [1.54, 1.807) is 6.92 Å². The second-order valence-corrected chi connectivity index (χ2v) is 6.54. The van der Waals surface area contributed by atoms with E-state index in [1.165, 1.54) is 16.9 Å². The van der Waals surface area contributed by atoms with Crippen LogP contribution >= 0.6 is 11.3 Å². The van der Waals surface area contributed by atoms with Crippen LogP contribution in [-0.2, 0) is 6.61 Å².